The third kappa shape index (κ3) is 3.95. The predicted molar refractivity (Wildman–Crippen MR) is 76.3 cm³/mol. The maximum atomic E-state index is 12.4. The number of aromatic nitrogens is 1. The number of carbonyl (C=O) groups is 1. The predicted octanol–water partition coefficient (Wildman–Crippen LogP) is 4.77. The van der Waals surface area contributed by atoms with Crippen LogP contribution in [0.2, 0.25) is 5.02 Å². The summed E-state index contributed by atoms with van der Waals surface area (Å²) in [5.41, 5.74) is -0.583. The van der Waals surface area contributed by atoms with Crippen molar-refractivity contribution in [3.05, 3.63) is 57.3 Å². The summed E-state index contributed by atoms with van der Waals surface area (Å²) in [6, 6.07) is 6.55. The first-order valence-corrected chi connectivity index (χ1v) is 6.74. The minimum Gasteiger partial charge on any atom is -0.321 e. The van der Waals surface area contributed by atoms with E-state index < -0.39 is 17.8 Å². The van der Waals surface area contributed by atoms with E-state index in [2.05, 4.69) is 26.2 Å². The highest BCUT2D eigenvalue weighted by atomic mass is 79.9. The van der Waals surface area contributed by atoms with Crippen LogP contribution in [-0.2, 0) is 6.18 Å². The molecule has 0 spiro atoms. The smallest absolute Gasteiger partial charge is 0.321 e. The number of alkyl halides is 3. The number of pyridine rings is 1. The fraction of sp³-hybridized carbons (Fsp3) is 0.0769. The second-order valence-electron chi connectivity index (χ2n) is 4.01. The summed E-state index contributed by atoms with van der Waals surface area (Å²) in [7, 11) is 0. The lowest BCUT2D eigenvalue weighted by atomic mass is 10.2. The average molecular weight is 380 g/mol. The van der Waals surface area contributed by atoms with Crippen LogP contribution in [0.1, 0.15) is 16.1 Å². The zero-order valence-electron chi connectivity index (χ0n) is 10.2. The van der Waals surface area contributed by atoms with Crippen molar-refractivity contribution in [3.63, 3.8) is 0 Å². The highest BCUT2D eigenvalue weighted by Crippen LogP contribution is 2.28. The van der Waals surface area contributed by atoms with Crippen LogP contribution in [0.5, 0.6) is 0 Å². The molecule has 0 aliphatic rings. The molecule has 0 unspecified atom stereocenters. The van der Waals surface area contributed by atoms with Crippen LogP contribution in [0.4, 0.5) is 18.9 Å². The van der Waals surface area contributed by atoms with Crippen LogP contribution in [0.15, 0.2) is 41.0 Å². The molecule has 0 saturated carbocycles. The van der Waals surface area contributed by atoms with Crippen molar-refractivity contribution in [2.45, 2.75) is 6.18 Å². The molecule has 1 N–H and O–H groups in total. The van der Waals surface area contributed by atoms with Crippen LogP contribution in [0.3, 0.4) is 0 Å². The van der Waals surface area contributed by atoms with E-state index in [4.69, 9.17) is 11.6 Å². The number of nitrogens with one attached hydrogen (secondary N) is 1. The van der Waals surface area contributed by atoms with Crippen LogP contribution >= 0.6 is 27.5 Å². The van der Waals surface area contributed by atoms with Gasteiger partial charge in [0.25, 0.3) is 5.91 Å². The largest absolute Gasteiger partial charge is 0.433 e. The molecule has 0 aliphatic heterocycles. The minimum absolute atomic E-state index is 0.0184. The number of hydrogen-bond donors (Lipinski definition) is 1. The normalized spacial score (nSPS) is 11.3. The fourth-order valence-corrected chi connectivity index (χ4v) is 2.26. The molecule has 0 aliphatic carbocycles. The maximum Gasteiger partial charge on any atom is 0.433 e. The van der Waals surface area contributed by atoms with E-state index in [1.165, 1.54) is 0 Å². The van der Waals surface area contributed by atoms with Gasteiger partial charge in [0.15, 0.2) is 0 Å². The summed E-state index contributed by atoms with van der Waals surface area (Å²) in [5.74, 6) is -0.570. The molecule has 1 aromatic carbocycles. The highest BCUT2D eigenvalue weighted by Gasteiger charge is 2.32. The van der Waals surface area contributed by atoms with E-state index in [0.717, 1.165) is 18.3 Å². The molecule has 0 radical (unpaired) electrons. The maximum absolute atomic E-state index is 12.4. The van der Waals surface area contributed by atoms with Gasteiger partial charge < -0.3 is 5.32 Å². The van der Waals surface area contributed by atoms with E-state index in [1.54, 1.807) is 18.2 Å². The summed E-state index contributed by atoms with van der Waals surface area (Å²) in [4.78, 5) is 15.2. The van der Waals surface area contributed by atoms with Crippen LogP contribution < -0.4 is 5.32 Å². The third-order valence-electron chi connectivity index (χ3n) is 2.50. The fourth-order valence-electron chi connectivity index (χ4n) is 1.48. The monoisotopic (exact) mass is 378 g/mol. The molecule has 1 amide bonds. The first-order valence-electron chi connectivity index (χ1n) is 5.57. The Balaban J connectivity index is 2.17. The summed E-state index contributed by atoms with van der Waals surface area (Å²) >= 11 is 8.99. The Morgan fingerprint density at radius 1 is 1.24 bits per heavy atom. The highest BCUT2D eigenvalue weighted by molar-refractivity contribution is 9.10. The van der Waals surface area contributed by atoms with Gasteiger partial charge in [-0.2, -0.15) is 13.2 Å². The molecular weight excluding hydrogens is 373 g/mol. The van der Waals surface area contributed by atoms with E-state index in [1.807, 2.05) is 0 Å². The van der Waals surface area contributed by atoms with Gasteiger partial charge in [-0.1, -0.05) is 11.6 Å². The Morgan fingerprint density at radius 2 is 1.95 bits per heavy atom. The Bertz CT molecular complexity index is 674. The van der Waals surface area contributed by atoms with Gasteiger partial charge in [-0.3, -0.25) is 9.78 Å². The quantitative estimate of drug-likeness (QED) is 0.817. The summed E-state index contributed by atoms with van der Waals surface area (Å²) in [6.45, 7) is 0. The SMILES string of the molecule is O=C(Nc1ccc(Cl)cc1Br)c1ccc(C(F)(F)F)nc1. The van der Waals surface area contributed by atoms with Crippen molar-refractivity contribution in [3.8, 4) is 0 Å². The minimum atomic E-state index is -4.53. The van der Waals surface area contributed by atoms with Crippen molar-refractivity contribution < 1.29 is 18.0 Å². The molecule has 3 nitrogen and oxygen atoms in total. The van der Waals surface area contributed by atoms with Gasteiger partial charge in [0, 0.05) is 15.7 Å². The van der Waals surface area contributed by atoms with Crippen molar-refractivity contribution in [2.24, 2.45) is 0 Å². The zero-order chi connectivity index (χ0) is 15.6. The molecule has 1 heterocycles. The van der Waals surface area contributed by atoms with Crippen LogP contribution in [0.25, 0.3) is 0 Å². The molecule has 0 bridgehead atoms. The van der Waals surface area contributed by atoms with E-state index >= 15 is 0 Å². The molecule has 0 saturated heterocycles. The summed E-state index contributed by atoms with van der Waals surface area (Å²) in [6.07, 6.45) is -3.66. The van der Waals surface area contributed by atoms with Crippen molar-refractivity contribution in [1.82, 2.24) is 4.98 Å². The number of halogens is 5. The first kappa shape index (κ1) is 15.8. The molecule has 2 aromatic rings. The average Bonchev–Trinajstić information content (AvgIpc) is 2.41. The summed E-state index contributed by atoms with van der Waals surface area (Å²) in [5, 5.41) is 3.03. The van der Waals surface area contributed by atoms with Gasteiger partial charge in [0.1, 0.15) is 5.69 Å². The number of hydrogen-bond acceptors (Lipinski definition) is 2. The lowest BCUT2D eigenvalue weighted by Gasteiger charge is -2.09. The van der Waals surface area contributed by atoms with E-state index in [9.17, 15) is 18.0 Å². The molecular formula is C13H7BrClF3N2O. The zero-order valence-corrected chi connectivity index (χ0v) is 12.6. The number of rotatable bonds is 2. The number of nitrogens with zero attached hydrogens (tertiary/aromatic N) is 1. The number of benzene rings is 1. The molecule has 0 atom stereocenters. The third-order valence-corrected chi connectivity index (χ3v) is 3.39. The lowest BCUT2D eigenvalue weighted by molar-refractivity contribution is -0.141. The molecule has 2 rings (SSSR count). The van der Waals surface area contributed by atoms with Gasteiger partial charge in [-0.05, 0) is 46.3 Å². The second-order valence-corrected chi connectivity index (χ2v) is 5.30. The Morgan fingerprint density at radius 3 is 2.48 bits per heavy atom. The Kier molecular flexibility index (Phi) is 4.53. The lowest BCUT2D eigenvalue weighted by Crippen LogP contribution is -2.14. The van der Waals surface area contributed by atoms with Crippen LogP contribution in [0, 0.1) is 0 Å². The van der Waals surface area contributed by atoms with E-state index in [-0.39, 0.29) is 5.56 Å². The molecule has 1 aromatic heterocycles. The topological polar surface area (TPSA) is 42.0 Å². The number of amides is 1. The van der Waals surface area contributed by atoms with Gasteiger partial charge in [-0.15, -0.1) is 0 Å². The van der Waals surface area contributed by atoms with Gasteiger partial charge >= 0.3 is 6.18 Å². The molecule has 110 valence electrons. The van der Waals surface area contributed by atoms with Gasteiger partial charge in [-0.25, -0.2) is 0 Å². The number of carbonyl (C=O) groups excluding carboxylic acids is 1. The first-order chi connectivity index (χ1) is 9.77. The molecule has 8 heteroatoms. The van der Waals surface area contributed by atoms with Crippen molar-refractivity contribution >= 4 is 39.1 Å². The second kappa shape index (κ2) is 6.03. The van der Waals surface area contributed by atoms with Crippen molar-refractivity contribution in [1.29, 1.82) is 0 Å². The standard InChI is InChI=1S/C13H7BrClF3N2O/c14-9-5-8(15)2-3-10(9)20-12(21)7-1-4-11(19-6-7)13(16,17)18/h1-6H,(H,20,21). The van der Waals surface area contributed by atoms with Crippen molar-refractivity contribution in [2.75, 3.05) is 5.32 Å². The number of anilines is 1. The molecule has 21 heavy (non-hydrogen) atoms. The van der Waals surface area contributed by atoms with E-state index in [0.29, 0.717) is 15.2 Å². The Labute approximate surface area is 131 Å². The summed E-state index contributed by atoms with van der Waals surface area (Å²) < 4.78 is 37.7. The Hall–Kier alpha value is -1.60. The van der Waals surface area contributed by atoms with Crippen LogP contribution in [-0.4, -0.2) is 10.9 Å². The molecule has 0 fully saturated rings. The van der Waals surface area contributed by atoms with Gasteiger partial charge in [0.2, 0.25) is 0 Å². The van der Waals surface area contributed by atoms with Gasteiger partial charge in [0.05, 0.1) is 11.3 Å².